The first-order valence-electron chi connectivity index (χ1n) is 9.91. The van der Waals surface area contributed by atoms with E-state index in [1.807, 2.05) is 0 Å². The maximum atomic E-state index is 13.2. The summed E-state index contributed by atoms with van der Waals surface area (Å²) in [5.74, 6) is -1.89. The Labute approximate surface area is 186 Å². The van der Waals surface area contributed by atoms with Crippen molar-refractivity contribution in [3.05, 3.63) is 58.7 Å². The molecule has 0 unspecified atom stereocenters. The number of carbonyl (C=O) groups excluding carboxylic acids is 3. The maximum absolute atomic E-state index is 13.2. The molecule has 1 saturated heterocycles. The molecule has 32 heavy (non-hydrogen) atoms. The van der Waals surface area contributed by atoms with Crippen LogP contribution in [0.25, 0.3) is 0 Å². The van der Waals surface area contributed by atoms with Crippen molar-refractivity contribution in [1.29, 1.82) is 0 Å². The average Bonchev–Trinajstić information content (AvgIpc) is 3.33. The van der Waals surface area contributed by atoms with Crippen LogP contribution in [0.2, 0.25) is 0 Å². The molecule has 1 fully saturated rings. The van der Waals surface area contributed by atoms with Crippen molar-refractivity contribution in [3.63, 3.8) is 0 Å². The van der Waals surface area contributed by atoms with Gasteiger partial charge in [0.05, 0.1) is 41.5 Å². The summed E-state index contributed by atoms with van der Waals surface area (Å²) in [6.45, 7) is 2.91. The van der Waals surface area contributed by atoms with Gasteiger partial charge in [0.15, 0.2) is 0 Å². The van der Waals surface area contributed by atoms with E-state index in [0.717, 1.165) is 39.2 Å². The molecular formula is C22H24N2O7S. The van der Waals surface area contributed by atoms with Gasteiger partial charge in [-0.05, 0) is 49.6 Å². The number of esters is 2. The second-order valence-corrected chi connectivity index (χ2v) is 9.01. The van der Waals surface area contributed by atoms with Crippen molar-refractivity contribution < 1.29 is 32.3 Å². The number of rotatable bonds is 6. The highest BCUT2D eigenvalue weighted by atomic mass is 32.2. The molecule has 0 atom stereocenters. The summed E-state index contributed by atoms with van der Waals surface area (Å²) >= 11 is 0. The van der Waals surface area contributed by atoms with Gasteiger partial charge in [0.25, 0.3) is 15.9 Å². The maximum Gasteiger partial charge on any atom is 0.337 e. The number of nitrogens with zero attached hydrogens (tertiary/aromatic N) is 1. The zero-order valence-corrected chi connectivity index (χ0v) is 18.8. The fourth-order valence-corrected chi connectivity index (χ4v) is 4.71. The largest absolute Gasteiger partial charge is 0.465 e. The van der Waals surface area contributed by atoms with Gasteiger partial charge < -0.3 is 14.4 Å². The van der Waals surface area contributed by atoms with Crippen LogP contribution in [0.4, 0.5) is 5.69 Å². The molecule has 0 bridgehead atoms. The predicted octanol–water partition coefficient (Wildman–Crippen LogP) is 2.61. The summed E-state index contributed by atoms with van der Waals surface area (Å²) in [7, 11) is -2.00. The number of sulfonamides is 1. The molecule has 1 heterocycles. The van der Waals surface area contributed by atoms with Gasteiger partial charge in [-0.3, -0.25) is 9.52 Å². The molecule has 9 nitrogen and oxygen atoms in total. The molecule has 1 amide bonds. The first-order valence-corrected chi connectivity index (χ1v) is 11.4. The Balaban J connectivity index is 2.06. The Kier molecular flexibility index (Phi) is 6.83. The van der Waals surface area contributed by atoms with Crippen molar-refractivity contribution in [3.8, 4) is 0 Å². The lowest BCUT2D eigenvalue weighted by molar-refractivity contribution is 0.0598. The number of hydrogen-bond donors (Lipinski definition) is 1. The van der Waals surface area contributed by atoms with E-state index in [4.69, 9.17) is 0 Å². The smallest absolute Gasteiger partial charge is 0.337 e. The van der Waals surface area contributed by atoms with E-state index in [9.17, 15) is 22.8 Å². The summed E-state index contributed by atoms with van der Waals surface area (Å²) < 4.78 is 38.3. The molecule has 1 aliphatic heterocycles. The SMILES string of the molecule is COC(=O)c1cc(C(=O)OC)cc(S(=O)(=O)Nc2c(C)cccc2C(=O)N2CCCC2)c1. The summed E-state index contributed by atoms with van der Waals surface area (Å²) in [5.41, 5.74) is 0.666. The number of para-hydroxylation sites is 1. The van der Waals surface area contributed by atoms with Crippen LogP contribution in [-0.2, 0) is 19.5 Å². The van der Waals surface area contributed by atoms with Gasteiger partial charge in [0, 0.05) is 13.1 Å². The lowest BCUT2D eigenvalue weighted by Gasteiger charge is -2.20. The zero-order chi connectivity index (χ0) is 23.5. The molecular weight excluding hydrogens is 436 g/mol. The second kappa shape index (κ2) is 9.39. The number of carbonyl (C=O) groups is 3. The minimum absolute atomic E-state index is 0.131. The van der Waals surface area contributed by atoms with E-state index in [-0.39, 0.29) is 33.2 Å². The van der Waals surface area contributed by atoms with Gasteiger partial charge in [-0.1, -0.05) is 12.1 Å². The van der Waals surface area contributed by atoms with Gasteiger partial charge in [0.1, 0.15) is 0 Å². The molecule has 0 radical (unpaired) electrons. The standard InChI is InChI=1S/C22H24N2O7S/c1-14-7-6-8-18(20(25)24-9-4-5-10-24)19(14)23-32(28,29)17-12-15(21(26)30-2)11-16(13-17)22(27)31-3/h6-8,11-13,23H,4-5,9-10H2,1-3H3. The molecule has 10 heteroatoms. The van der Waals surface area contributed by atoms with Crippen molar-refractivity contribution in [2.24, 2.45) is 0 Å². The normalized spacial score (nSPS) is 13.5. The van der Waals surface area contributed by atoms with Crippen molar-refractivity contribution in [2.75, 3.05) is 32.0 Å². The molecule has 2 aromatic rings. The van der Waals surface area contributed by atoms with Gasteiger partial charge in [-0.2, -0.15) is 0 Å². The van der Waals surface area contributed by atoms with E-state index < -0.39 is 22.0 Å². The third-order valence-electron chi connectivity index (χ3n) is 5.19. The fourth-order valence-electron chi connectivity index (χ4n) is 3.49. The highest BCUT2D eigenvalue weighted by molar-refractivity contribution is 7.92. The predicted molar refractivity (Wildman–Crippen MR) is 116 cm³/mol. The number of methoxy groups -OCH3 is 2. The summed E-state index contributed by atoms with van der Waals surface area (Å²) in [6, 6.07) is 8.32. The monoisotopic (exact) mass is 460 g/mol. The highest BCUT2D eigenvalue weighted by Crippen LogP contribution is 2.27. The third-order valence-corrected chi connectivity index (χ3v) is 6.52. The number of nitrogens with one attached hydrogen (secondary N) is 1. The van der Waals surface area contributed by atoms with E-state index in [0.29, 0.717) is 18.7 Å². The third kappa shape index (κ3) is 4.75. The number of ether oxygens (including phenoxy) is 2. The molecule has 0 aliphatic carbocycles. The minimum atomic E-state index is -4.28. The molecule has 1 aliphatic rings. The van der Waals surface area contributed by atoms with Crippen LogP contribution >= 0.6 is 0 Å². The molecule has 2 aromatic carbocycles. The minimum Gasteiger partial charge on any atom is -0.465 e. The van der Waals surface area contributed by atoms with Crippen LogP contribution < -0.4 is 4.72 Å². The number of aryl methyl sites for hydroxylation is 1. The van der Waals surface area contributed by atoms with Crippen LogP contribution in [0.5, 0.6) is 0 Å². The molecule has 1 N–H and O–H groups in total. The van der Waals surface area contributed by atoms with Crippen molar-refractivity contribution in [1.82, 2.24) is 4.90 Å². The van der Waals surface area contributed by atoms with Crippen LogP contribution in [0.3, 0.4) is 0 Å². The molecule has 3 rings (SSSR count). The van der Waals surface area contributed by atoms with E-state index in [2.05, 4.69) is 14.2 Å². The first kappa shape index (κ1) is 23.3. The van der Waals surface area contributed by atoms with Gasteiger partial charge >= 0.3 is 11.9 Å². The van der Waals surface area contributed by atoms with Crippen molar-refractivity contribution in [2.45, 2.75) is 24.7 Å². The summed E-state index contributed by atoms with van der Waals surface area (Å²) in [6.07, 6.45) is 1.80. The number of likely N-dealkylation sites (tertiary alicyclic amines) is 1. The fraction of sp³-hybridized carbons (Fsp3) is 0.318. The Morgan fingerprint density at radius 2 is 1.50 bits per heavy atom. The molecule has 0 spiro atoms. The number of hydrogen-bond acceptors (Lipinski definition) is 7. The Bertz CT molecular complexity index is 1130. The van der Waals surface area contributed by atoms with E-state index in [1.165, 1.54) is 6.07 Å². The van der Waals surface area contributed by atoms with Crippen LogP contribution in [0.15, 0.2) is 41.3 Å². The molecule has 170 valence electrons. The lowest BCUT2D eigenvalue weighted by atomic mass is 10.1. The van der Waals surface area contributed by atoms with Gasteiger partial charge in [-0.15, -0.1) is 0 Å². The zero-order valence-electron chi connectivity index (χ0n) is 18.0. The van der Waals surface area contributed by atoms with Crippen LogP contribution in [-0.4, -0.2) is 58.5 Å². The second-order valence-electron chi connectivity index (χ2n) is 7.33. The van der Waals surface area contributed by atoms with Gasteiger partial charge in [0.2, 0.25) is 0 Å². The van der Waals surface area contributed by atoms with E-state index in [1.54, 1.807) is 30.0 Å². The molecule has 0 saturated carbocycles. The van der Waals surface area contributed by atoms with Gasteiger partial charge in [-0.25, -0.2) is 18.0 Å². The number of benzene rings is 2. The Morgan fingerprint density at radius 3 is 2.03 bits per heavy atom. The number of amides is 1. The van der Waals surface area contributed by atoms with Crippen LogP contribution in [0, 0.1) is 6.92 Å². The van der Waals surface area contributed by atoms with Crippen molar-refractivity contribution >= 4 is 33.6 Å². The Hall–Kier alpha value is -3.40. The highest BCUT2D eigenvalue weighted by Gasteiger charge is 2.26. The molecule has 0 aromatic heterocycles. The first-order chi connectivity index (χ1) is 15.2. The van der Waals surface area contributed by atoms with E-state index >= 15 is 0 Å². The average molecular weight is 461 g/mol. The lowest BCUT2D eigenvalue weighted by Crippen LogP contribution is -2.29. The Morgan fingerprint density at radius 1 is 0.938 bits per heavy atom. The number of anilines is 1. The summed E-state index contributed by atoms with van der Waals surface area (Å²) in [5, 5.41) is 0. The topological polar surface area (TPSA) is 119 Å². The quantitative estimate of drug-likeness (QED) is 0.658. The van der Waals surface area contributed by atoms with Crippen LogP contribution in [0.1, 0.15) is 49.5 Å². The summed E-state index contributed by atoms with van der Waals surface area (Å²) in [4.78, 5) is 38.3.